The second-order valence-electron chi connectivity index (χ2n) is 4.03. The molecule has 7 heteroatoms. The Morgan fingerprint density at radius 2 is 2.05 bits per heavy atom. The minimum atomic E-state index is -0.499. The Morgan fingerprint density at radius 1 is 1.30 bits per heavy atom. The highest BCUT2D eigenvalue weighted by atomic mass is 32.1. The summed E-state index contributed by atoms with van der Waals surface area (Å²) in [6.07, 6.45) is 2.36. The van der Waals surface area contributed by atoms with Crippen LogP contribution in [0, 0.1) is 0 Å². The molecule has 1 aromatic heterocycles. The van der Waals surface area contributed by atoms with Crippen LogP contribution in [0.5, 0.6) is 0 Å². The van der Waals surface area contributed by atoms with E-state index in [-0.39, 0.29) is 5.91 Å². The second kappa shape index (κ2) is 6.76. The molecule has 0 saturated heterocycles. The van der Waals surface area contributed by atoms with Crippen molar-refractivity contribution in [3.05, 3.63) is 36.5 Å². The predicted molar refractivity (Wildman–Crippen MR) is 77.8 cm³/mol. The first-order chi connectivity index (χ1) is 9.72. The fraction of sp³-hybridized carbons (Fsp3) is 0.231. The number of urea groups is 1. The number of para-hydroxylation sites is 1. The first kappa shape index (κ1) is 14.1. The predicted octanol–water partition coefficient (Wildman–Crippen LogP) is 2.90. The van der Waals surface area contributed by atoms with Crippen LogP contribution in [0.1, 0.15) is 19.8 Å². The zero-order valence-corrected chi connectivity index (χ0v) is 11.8. The molecule has 0 saturated carbocycles. The third-order valence-electron chi connectivity index (χ3n) is 2.51. The van der Waals surface area contributed by atoms with Crippen molar-refractivity contribution in [1.29, 1.82) is 0 Å². The lowest BCUT2D eigenvalue weighted by Gasteiger charge is -2.18. The molecule has 0 bridgehead atoms. The van der Waals surface area contributed by atoms with E-state index in [1.54, 1.807) is 12.1 Å². The third kappa shape index (κ3) is 3.39. The van der Waals surface area contributed by atoms with Gasteiger partial charge in [0, 0.05) is 23.6 Å². The lowest BCUT2D eigenvalue weighted by atomic mass is 10.3. The summed E-state index contributed by atoms with van der Waals surface area (Å²) in [5.74, 6) is -0.271. The molecular weight excluding hydrogens is 276 g/mol. The molecule has 0 aliphatic rings. The molecule has 0 fully saturated rings. The maximum atomic E-state index is 12.3. The summed E-state index contributed by atoms with van der Waals surface area (Å²) in [5.41, 5.74) is 0.629. The SMILES string of the molecule is CCCC(=O)N(C(=O)Nc1ccccc1)c1cnns1. The van der Waals surface area contributed by atoms with Crippen molar-refractivity contribution in [2.75, 3.05) is 10.2 Å². The highest BCUT2D eigenvalue weighted by molar-refractivity contribution is 7.10. The molecule has 1 heterocycles. The number of nitrogens with one attached hydrogen (secondary N) is 1. The van der Waals surface area contributed by atoms with E-state index in [1.165, 1.54) is 6.20 Å². The number of carbonyl (C=O) groups is 2. The van der Waals surface area contributed by atoms with Crippen LogP contribution in [0.15, 0.2) is 36.5 Å². The molecule has 0 aliphatic carbocycles. The number of aromatic nitrogens is 2. The van der Waals surface area contributed by atoms with Gasteiger partial charge in [-0.05, 0) is 18.6 Å². The van der Waals surface area contributed by atoms with Crippen molar-refractivity contribution < 1.29 is 9.59 Å². The molecular formula is C13H14N4O2S. The molecule has 20 heavy (non-hydrogen) atoms. The zero-order chi connectivity index (χ0) is 14.4. The maximum absolute atomic E-state index is 12.3. The average Bonchev–Trinajstić information content (AvgIpc) is 2.94. The monoisotopic (exact) mass is 290 g/mol. The fourth-order valence-corrected chi connectivity index (χ4v) is 2.16. The van der Waals surface area contributed by atoms with Crippen molar-refractivity contribution in [1.82, 2.24) is 9.59 Å². The lowest BCUT2D eigenvalue weighted by Crippen LogP contribution is -2.39. The van der Waals surface area contributed by atoms with Crippen molar-refractivity contribution in [3.8, 4) is 0 Å². The number of nitrogens with zero attached hydrogens (tertiary/aromatic N) is 3. The molecule has 1 N–H and O–H groups in total. The van der Waals surface area contributed by atoms with Crippen molar-refractivity contribution in [2.45, 2.75) is 19.8 Å². The number of anilines is 2. The van der Waals surface area contributed by atoms with Crippen LogP contribution in [0.4, 0.5) is 15.5 Å². The average molecular weight is 290 g/mol. The summed E-state index contributed by atoms with van der Waals surface area (Å²) >= 11 is 1.01. The zero-order valence-electron chi connectivity index (χ0n) is 10.9. The largest absolute Gasteiger partial charge is 0.333 e. The van der Waals surface area contributed by atoms with Crippen LogP contribution in [-0.2, 0) is 4.79 Å². The van der Waals surface area contributed by atoms with E-state index >= 15 is 0 Å². The van der Waals surface area contributed by atoms with Gasteiger partial charge in [0.1, 0.15) is 5.00 Å². The fourth-order valence-electron chi connectivity index (χ4n) is 1.62. The molecule has 0 spiro atoms. The van der Waals surface area contributed by atoms with Gasteiger partial charge in [-0.3, -0.25) is 4.79 Å². The van der Waals surface area contributed by atoms with E-state index in [0.717, 1.165) is 16.4 Å². The van der Waals surface area contributed by atoms with Crippen LogP contribution in [-0.4, -0.2) is 21.5 Å². The van der Waals surface area contributed by atoms with E-state index in [2.05, 4.69) is 14.9 Å². The highest BCUT2D eigenvalue weighted by Crippen LogP contribution is 2.20. The van der Waals surface area contributed by atoms with Gasteiger partial charge in [0.2, 0.25) is 5.91 Å². The number of hydrogen-bond donors (Lipinski definition) is 1. The molecule has 3 amide bonds. The summed E-state index contributed by atoms with van der Waals surface area (Å²) < 4.78 is 3.69. The van der Waals surface area contributed by atoms with Gasteiger partial charge in [0.05, 0.1) is 6.20 Å². The third-order valence-corrected chi connectivity index (χ3v) is 3.16. The number of rotatable bonds is 4. The number of imide groups is 1. The molecule has 0 unspecified atom stereocenters. The number of benzene rings is 1. The van der Waals surface area contributed by atoms with Crippen molar-refractivity contribution in [2.24, 2.45) is 0 Å². The van der Waals surface area contributed by atoms with Crippen molar-refractivity contribution in [3.63, 3.8) is 0 Å². The van der Waals surface area contributed by atoms with Crippen LogP contribution < -0.4 is 10.2 Å². The van der Waals surface area contributed by atoms with Crippen LogP contribution in [0.25, 0.3) is 0 Å². The summed E-state index contributed by atoms with van der Waals surface area (Å²) in [7, 11) is 0. The van der Waals surface area contributed by atoms with Gasteiger partial charge in [-0.15, -0.1) is 5.10 Å². The summed E-state index contributed by atoms with van der Waals surface area (Å²) in [4.78, 5) is 25.4. The Morgan fingerprint density at radius 3 is 2.65 bits per heavy atom. The molecule has 2 aromatic rings. The molecule has 0 aliphatic heterocycles. The molecule has 0 atom stereocenters. The number of carbonyl (C=O) groups excluding carboxylic acids is 2. The first-order valence-corrected chi connectivity index (χ1v) is 6.96. The minimum absolute atomic E-state index is 0.271. The molecule has 104 valence electrons. The summed E-state index contributed by atoms with van der Waals surface area (Å²) in [5, 5.41) is 6.77. The van der Waals surface area contributed by atoms with Gasteiger partial charge < -0.3 is 5.32 Å². The van der Waals surface area contributed by atoms with Gasteiger partial charge in [-0.2, -0.15) is 0 Å². The van der Waals surface area contributed by atoms with Gasteiger partial charge in [0.25, 0.3) is 0 Å². The highest BCUT2D eigenvalue weighted by Gasteiger charge is 2.24. The van der Waals surface area contributed by atoms with Gasteiger partial charge in [-0.25, -0.2) is 9.69 Å². The summed E-state index contributed by atoms with van der Waals surface area (Å²) in [6.45, 7) is 1.89. The molecule has 2 rings (SSSR count). The van der Waals surface area contributed by atoms with Crippen LogP contribution in [0.3, 0.4) is 0 Å². The Labute approximate surface area is 120 Å². The topological polar surface area (TPSA) is 75.2 Å². The Hall–Kier alpha value is -2.28. The smallest absolute Gasteiger partial charge is 0.307 e. The van der Waals surface area contributed by atoms with Gasteiger partial charge >= 0.3 is 6.03 Å². The Kier molecular flexibility index (Phi) is 4.78. The number of hydrogen-bond acceptors (Lipinski definition) is 5. The standard InChI is InChI=1S/C13H14N4O2S/c1-2-6-11(18)17(12-9-14-16-20-12)13(19)15-10-7-4-3-5-8-10/h3-5,7-9H,2,6H2,1H3,(H,15,19). The molecule has 0 radical (unpaired) electrons. The number of amides is 3. The van der Waals surface area contributed by atoms with E-state index < -0.39 is 6.03 Å². The van der Waals surface area contributed by atoms with Crippen molar-refractivity contribution >= 4 is 34.2 Å². The molecule has 6 nitrogen and oxygen atoms in total. The van der Waals surface area contributed by atoms with E-state index in [0.29, 0.717) is 23.5 Å². The Balaban J connectivity index is 2.18. The van der Waals surface area contributed by atoms with Crippen LogP contribution >= 0.6 is 11.5 Å². The van der Waals surface area contributed by atoms with E-state index in [4.69, 9.17) is 0 Å². The first-order valence-electron chi connectivity index (χ1n) is 6.18. The molecule has 1 aromatic carbocycles. The lowest BCUT2D eigenvalue weighted by molar-refractivity contribution is -0.117. The van der Waals surface area contributed by atoms with Gasteiger partial charge in [0.15, 0.2) is 0 Å². The van der Waals surface area contributed by atoms with E-state index in [9.17, 15) is 9.59 Å². The second-order valence-corrected chi connectivity index (χ2v) is 4.80. The Bertz CT molecular complexity index is 571. The maximum Gasteiger partial charge on any atom is 0.333 e. The quantitative estimate of drug-likeness (QED) is 0.939. The van der Waals surface area contributed by atoms with Crippen LogP contribution in [0.2, 0.25) is 0 Å². The summed E-state index contributed by atoms with van der Waals surface area (Å²) in [6, 6.07) is 8.48. The minimum Gasteiger partial charge on any atom is -0.307 e. The normalized spacial score (nSPS) is 10.1. The van der Waals surface area contributed by atoms with Gasteiger partial charge in [-0.1, -0.05) is 29.6 Å². The van der Waals surface area contributed by atoms with E-state index in [1.807, 2.05) is 25.1 Å².